The Bertz CT molecular complexity index is 1050. The van der Waals surface area contributed by atoms with Crippen LogP contribution >= 0.6 is 0 Å². The summed E-state index contributed by atoms with van der Waals surface area (Å²) in [4.78, 5) is 61.4. The van der Waals surface area contributed by atoms with E-state index in [1.807, 2.05) is 12.1 Å². The van der Waals surface area contributed by atoms with Crippen LogP contribution in [0.3, 0.4) is 0 Å². The van der Waals surface area contributed by atoms with Gasteiger partial charge in [0.15, 0.2) is 0 Å². The number of hydrogen-bond donors (Lipinski definition) is 4. The molecule has 0 aliphatic heterocycles. The molecule has 0 amide bonds. The van der Waals surface area contributed by atoms with Gasteiger partial charge in [0, 0.05) is 37.8 Å². The van der Waals surface area contributed by atoms with E-state index in [-0.39, 0.29) is 38.6 Å². The number of carbonyl (C=O) groups excluding carboxylic acids is 1. The van der Waals surface area contributed by atoms with Gasteiger partial charge < -0.3 is 20.4 Å². The topological polar surface area (TPSA) is 181 Å². The number of hydrogen-bond acceptors (Lipinski definition) is 8. The number of nitrogens with zero attached hydrogens (tertiary/aromatic N) is 4. The van der Waals surface area contributed by atoms with Crippen LogP contribution in [0.1, 0.15) is 4.79 Å². The van der Waals surface area contributed by atoms with Gasteiger partial charge in [-0.3, -0.25) is 43.2 Å². The highest BCUT2D eigenvalue weighted by molar-refractivity contribution is 5.93. The summed E-state index contributed by atoms with van der Waals surface area (Å²) in [7, 11) is 0. The number of aromatic nitrogens is 1. The number of para-hydroxylation sites is 1. The lowest BCUT2D eigenvalue weighted by molar-refractivity contribution is -0.143. The Morgan fingerprint density at radius 1 is 0.600 bits per heavy atom. The maximum Gasteiger partial charge on any atom is 0.317 e. The molecule has 0 bridgehead atoms. The smallest absolute Gasteiger partial charge is 0.317 e. The lowest BCUT2D eigenvalue weighted by Crippen LogP contribution is -2.45. The first-order chi connectivity index (χ1) is 16.5. The molecule has 2 aromatic rings. The summed E-state index contributed by atoms with van der Waals surface area (Å²) in [6.45, 7) is -2.05. The fraction of sp³-hybridized carbons (Fsp3) is 0.409. The Morgan fingerprint density at radius 2 is 1.03 bits per heavy atom. The van der Waals surface area contributed by atoms with Gasteiger partial charge in [0.1, 0.15) is 0 Å². The Hall–Kier alpha value is -3.81. The van der Waals surface area contributed by atoms with Crippen molar-refractivity contribution >= 4 is 40.7 Å². The minimum atomic E-state index is -1.22. The lowest BCUT2D eigenvalue weighted by atomic mass is 10.2. The van der Waals surface area contributed by atoms with Gasteiger partial charge in [0.05, 0.1) is 38.2 Å². The molecular weight excluding hydrogens is 464 g/mol. The van der Waals surface area contributed by atoms with Crippen LogP contribution in [-0.2, 0) is 19.2 Å². The Balaban J connectivity index is 2.05. The number of aliphatic carboxylic acids is 4. The number of fused-ring (bicyclic) bond motifs is 1. The third-order valence-corrected chi connectivity index (χ3v) is 5.13. The van der Waals surface area contributed by atoms with Crippen molar-refractivity contribution in [3.05, 3.63) is 36.5 Å². The number of carboxylic acids is 4. The molecule has 1 heterocycles. The molecule has 0 aliphatic rings. The zero-order chi connectivity index (χ0) is 26.0. The highest BCUT2D eigenvalue weighted by atomic mass is 16.4. The van der Waals surface area contributed by atoms with Crippen LogP contribution in [0.2, 0.25) is 0 Å². The van der Waals surface area contributed by atoms with Crippen molar-refractivity contribution in [3.8, 4) is 0 Å². The first kappa shape index (κ1) is 27.4. The van der Waals surface area contributed by atoms with Crippen molar-refractivity contribution in [3.63, 3.8) is 0 Å². The number of carboxylic acid groups (broad SMARTS) is 4. The molecule has 0 saturated carbocycles. The van der Waals surface area contributed by atoms with E-state index in [0.717, 1.165) is 10.3 Å². The summed E-state index contributed by atoms with van der Waals surface area (Å²) in [5.74, 6) is -5.12. The molecular formula is C22H28N4O9. The fourth-order valence-corrected chi connectivity index (χ4v) is 3.60. The predicted octanol–water partition coefficient (Wildman–Crippen LogP) is -0.474. The van der Waals surface area contributed by atoms with Crippen LogP contribution in [0.15, 0.2) is 36.5 Å². The van der Waals surface area contributed by atoms with Crippen molar-refractivity contribution in [2.24, 2.45) is 0 Å². The zero-order valence-electron chi connectivity index (χ0n) is 18.9. The summed E-state index contributed by atoms with van der Waals surface area (Å²) in [5, 5.41) is 37.2. The van der Waals surface area contributed by atoms with E-state index in [2.05, 4.69) is 0 Å². The second kappa shape index (κ2) is 13.2. The Labute approximate surface area is 200 Å². The monoisotopic (exact) mass is 492 g/mol. The van der Waals surface area contributed by atoms with E-state index >= 15 is 0 Å². The van der Waals surface area contributed by atoms with Crippen molar-refractivity contribution in [1.82, 2.24) is 19.3 Å². The standard InChI is InChI=1S/C22H28N4O9/c27-18(26-6-5-16-3-1-2-4-17(16)26)11-24(13-20(30)31)9-7-23(12-19(28)29)8-10-25(14-21(32)33)15-22(34)35/h1-6H,7-15H2,(H,28,29)(H,30,31)(H,32,33)(H,34,35). The predicted molar refractivity (Wildman–Crippen MR) is 122 cm³/mol. The van der Waals surface area contributed by atoms with Crippen LogP contribution < -0.4 is 0 Å². The van der Waals surface area contributed by atoms with Gasteiger partial charge in [-0.05, 0) is 12.1 Å². The highest BCUT2D eigenvalue weighted by Crippen LogP contribution is 2.15. The molecule has 1 aromatic carbocycles. The van der Waals surface area contributed by atoms with E-state index in [9.17, 15) is 34.2 Å². The maximum atomic E-state index is 12.9. The molecule has 0 radical (unpaired) electrons. The number of benzene rings is 1. The second-order valence-electron chi connectivity index (χ2n) is 7.91. The number of rotatable bonds is 16. The first-order valence-corrected chi connectivity index (χ1v) is 10.7. The van der Waals surface area contributed by atoms with E-state index in [0.29, 0.717) is 5.52 Å². The van der Waals surface area contributed by atoms with Gasteiger partial charge in [-0.15, -0.1) is 0 Å². The van der Waals surface area contributed by atoms with E-state index in [1.54, 1.807) is 24.4 Å². The fourth-order valence-electron chi connectivity index (χ4n) is 3.60. The lowest BCUT2D eigenvalue weighted by Gasteiger charge is -2.27. The molecule has 0 spiro atoms. The van der Waals surface area contributed by atoms with Crippen LogP contribution in [0, 0.1) is 0 Å². The SMILES string of the molecule is O=C(O)CN(CCN(CC(=O)O)CC(=O)O)CCN(CC(=O)O)CC(=O)n1ccc2ccccc21. The molecule has 0 aliphatic carbocycles. The first-order valence-electron chi connectivity index (χ1n) is 10.7. The second-order valence-corrected chi connectivity index (χ2v) is 7.91. The molecule has 0 atom stereocenters. The summed E-state index contributed by atoms with van der Waals surface area (Å²) >= 11 is 0. The van der Waals surface area contributed by atoms with Gasteiger partial charge in [0.2, 0.25) is 5.91 Å². The Morgan fingerprint density at radius 3 is 1.54 bits per heavy atom. The van der Waals surface area contributed by atoms with Crippen molar-refractivity contribution in [1.29, 1.82) is 0 Å². The molecule has 35 heavy (non-hydrogen) atoms. The molecule has 4 N–H and O–H groups in total. The molecule has 13 nitrogen and oxygen atoms in total. The summed E-state index contributed by atoms with van der Waals surface area (Å²) in [6.07, 6.45) is 1.60. The zero-order valence-corrected chi connectivity index (χ0v) is 18.9. The minimum absolute atomic E-state index is 0.0287. The molecule has 190 valence electrons. The molecule has 2 rings (SSSR count). The molecule has 13 heteroatoms. The number of carbonyl (C=O) groups is 5. The summed E-state index contributed by atoms with van der Waals surface area (Å²) in [5.41, 5.74) is 0.678. The van der Waals surface area contributed by atoms with E-state index < -0.39 is 50.1 Å². The highest BCUT2D eigenvalue weighted by Gasteiger charge is 2.20. The molecule has 1 aromatic heterocycles. The molecule has 0 unspecified atom stereocenters. The van der Waals surface area contributed by atoms with Crippen LogP contribution in [-0.4, -0.2) is 128 Å². The minimum Gasteiger partial charge on any atom is -0.480 e. The Kier molecular flexibility index (Phi) is 10.3. The largest absolute Gasteiger partial charge is 0.480 e. The quantitative estimate of drug-likeness (QED) is 0.237. The third kappa shape index (κ3) is 9.52. The van der Waals surface area contributed by atoms with Crippen LogP contribution in [0.25, 0.3) is 10.9 Å². The summed E-state index contributed by atoms with van der Waals surface area (Å²) in [6, 6.07) is 8.99. The van der Waals surface area contributed by atoms with Gasteiger partial charge in [0.25, 0.3) is 0 Å². The third-order valence-electron chi connectivity index (χ3n) is 5.13. The van der Waals surface area contributed by atoms with Crippen molar-refractivity contribution in [2.45, 2.75) is 0 Å². The van der Waals surface area contributed by atoms with E-state index in [1.165, 1.54) is 14.4 Å². The average molecular weight is 492 g/mol. The van der Waals surface area contributed by atoms with E-state index in [4.69, 9.17) is 10.2 Å². The molecule has 0 saturated heterocycles. The molecule has 0 fully saturated rings. The van der Waals surface area contributed by atoms with Gasteiger partial charge in [-0.1, -0.05) is 18.2 Å². The normalized spacial score (nSPS) is 11.4. The van der Waals surface area contributed by atoms with Gasteiger partial charge >= 0.3 is 23.9 Å². The average Bonchev–Trinajstić information content (AvgIpc) is 3.18. The van der Waals surface area contributed by atoms with Gasteiger partial charge in [-0.2, -0.15) is 0 Å². The van der Waals surface area contributed by atoms with Crippen LogP contribution in [0.5, 0.6) is 0 Å². The maximum absolute atomic E-state index is 12.9. The van der Waals surface area contributed by atoms with Crippen molar-refractivity contribution in [2.75, 3.05) is 58.9 Å². The summed E-state index contributed by atoms with van der Waals surface area (Å²) < 4.78 is 1.43. The van der Waals surface area contributed by atoms with Gasteiger partial charge in [-0.25, -0.2) is 0 Å². The van der Waals surface area contributed by atoms with Crippen molar-refractivity contribution < 1.29 is 44.4 Å². The van der Waals surface area contributed by atoms with Crippen LogP contribution in [0.4, 0.5) is 0 Å².